The van der Waals surface area contributed by atoms with E-state index in [0.29, 0.717) is 12.4 Å². The summed E-state index contributed by atoms with van der Waals surface area (Å²) >= 11 is 0. The quantitative estimate of drug-likeness (QED) is 0.621. The van der Waals surface area contributed by atoms with E-state index in [0.717, 1.165) is 11.1 Å². The molecule has 7 heteroatoms. The molecule has 6 nitrogen and oxygen atoms in total. The molecule has 1 aromatic heterocycles. The van der Waals surface area contributed by atoms with E-state index in [-0.39, 0.29) is 11.3 Å². The van der Waals surface area contributed by atoms with Gasteiger partial charge in [-0.2, -0.15) is 4.98 Å². The van der Waals surface area contributed by atoms with Crippen LogP contribution in [0.1, 0.15) is 11.1 Å². The molecule has 3 aromatic rings. The Kier molecular flexibility index (Phi) is 5.57. The molecule has 0 saturated carbocycles. The van der Waals surface area contributed by atoms with Crippen LogP contribution in [0.3, 0.4) is 0 Å². The number of rotatable bonds is 7. The van der Waals surface area contributed by atoms with Crippen molar-refractivity contribution in [1.82, 2.24) is 4.98 Å². The molecule has 2 aromatic carbocycles. The molecule has 0 radical (unpaired) electrons. The van der Waals surface area contributed by atoms with E-state index >= 15 is 0 Å². The second kappa shape index (κ2) is 7.87. The smallest absolute Gasteiger partial charge is 0.384 e. The highest BCUT2D eigenvalue weighted by molar-refractivity contribution is 7.62. The Balaban J connectivity index is 1.95. The van der Waals surface area contributed by atoms with E-state index in [2.05, 4.69) is 10.3 Å². The predicted molar refractivity (Wildman–Crippen MR) is 102 cm³/mol. The predicted octanol–water partition coefficient (Wildman–Crippen LogP) is 4.37. The molecule has 0 amide bonds. The van der Waals surface area contributed by atoms with Gasteiger partial charge in [0.25, 0.3) is 0 Å². The average Bonchev–Trinajstić information content (AvgIpc) is 3.12. The van der Waals surface area contributed by atoms with Crippen molar-refractivity contribution in [2.45, 2.75) is 13.5 Å². The summed E-state index contributed by atoms with van der Waals surface area (Å²) in [5.41, 5.74) is 3.15. The molecule has 0 saturated heterocycles. The minimum atomic E-state index is -3.57. The Hall–Kier alpha value is -2.40. The van der Waals surface area contributed by atoms with Crippen LogP contribution in [-0.2, 0) is 20.2 Å². The molecular formula is C19H21N2O4P. The second-order valence-corrected chi connectivity index (χ2v) is 7.89. The molecule has 0 aliphatic rings. The zero-order valence-electron chi connectivity index (χ0n) is 14.9. The molecule has 136 valence electrons. The summed E-state index contributed by atoms with van der Waals surface area (Å²) in [6, 6.07) is 17.5. The summed E-state index contributed by atoms with van der Waals surface area (Å²) < 4.78 is 28.9. The molecule has 0 atom stereocenters. The van der Waals surface area contributed by atoms with Gasteiger partial charge in [-0.3, -0.25) is 4.57 Å². The van der Waals surface area contributed by atoms with Crippen LogP contribution < -0.4 is 10.8 Å². The van der Waals surface area contributed by atoms with Gasteiger partial charge in [0.2, 0.25) is 17.2 Å². The number of hydrogen-bond acceptors (Lipinski definition) is 6. The standard InChI is InChI=1S/C19H21N2O4P/c1-14-9-11-15(12-10-14)13-20-18-19(26(22,23-2)24-3)21-17(25-18)16-7-5-4-6-8-16/h4-12,20H,13H2,1-3H3. The molecule has 1 N–H and O–H groups in total. The average molecular weight is 372 g/mol. The third-order valence-electron chi connectivity index (χ3n) is 3.94. The molecule has 0 bridgehead atoms. The highest BCUT2D eigenvalue weighted by Gasteiger charge is 2.34. The Morgan fingerprint density at radius 2 is 1.69 bits per heavy atom. The van der Waals surface area contributed by atoms with Gasteiger partial charge >= 0.3 is 7.60 Å². The number of hydrogen-bond donors (Lipinski definition) is 1. The first-order valence-corrected chi connectivity index (χ1v) is 9.68. The minimum Gasteiger partial charge on any atom is -0.420 e. The minimum absolute atomic E-state index is 0.133. The van der Waals surface area contributed by atoms with Gasteiger partial charge in [0.1, 0.15) is 0 Å². The summed E-state index contributed by atoms with van der Waals surface area (Å²) in [7, 11) is -0.919. The summed E-state index contributed by atoms with van der Waals surface area (Å²) in [6.45, 7) is 2.52. The Morgan fingerprint density at radius 3 is 2.31 bits per heavy atom. The fourth-order valence-electron chi connectivity index (χ4n) is 2.45. The van der Waals surface area contributed by atoms with Gasteiger partial charge in [0.15, 0.2) is 0 Å². The normalized spacial score (nSPS) is 11.5. The van der Waals surface area contributed by atoms with Crippen molar-refractivity contribution < 1.29 is 18.0 Å². The first-order chi connectivity index (χ1) is 12.6. The monoisotopic (exact) mass is 372 g/mol. The lowest BCUT2D eigenvalue weighted by Crippen LogP contribution is -2.14. The number of aryl methyl sites for hydroxylation is 1. The van der Waals surface area contributed by atoms with Crippen molar-refractivity contribution in [3.63, 3.8) is 0 Å². The third kappa shape index (κ3) is 3.88. The van der Waals surface area contributed by atoms with Crippen molar-refractivity contribution in [1.29, 1.82) is 0 Å². The third-order valence-corrected chi connectivity index (χ3v) is 5.73. The molecule has 3 rings (SSSR count). The van der Waals surface area contributed by atoms with Gasteiger partial charge in [-0.05, 0) is 24.6 Å². The lowest BCUT2D eigenvalue weighted by atomic mass is 10.1. The number of anilines is 1. The van der Waals surface area contributed by atoms with Gasteiger partial charge in [0.05, 0.1) is 0 Å². The van der Waals surface area contributed by atoms with Crippen LogP contribution in [0.2, 0.25) is 0 Å². The maximum Gasteiger partial charge on any atom is 0.384 e. The molecule has 0 aliphatic carbocycles. The van der Waals surface area contributed by atoms with Crippen LogP contribution in [0.4, 0.5) is 5.88 Å². The van der Waals surface area contributed by atoms with Crippen LogP contribution >= 0.6 is 7.60 Å². The maximum atomic E-state index is 12.9. The molecule has 1 heterocycles. The van der Waals surface area contributed by atoms with Crippen LogP contribution in [0, 0.1) is 6.92 Å². The SMILES string of the molecule is COP(=O)(OC)c1nc(-c2ccccc2)oc1NCc1ccc(C)cc1. The van der Waals surface area contributed by atoms with Crippen molar-refractivity contribution in [3.05, 3.63) is 65.7 Å². The van der Waals surface area contributed by atoms with Crippen molar-refractivity contribution >= 4 is 18.9 Å². The van der Waals surface area contributed by atoms with Gasteiger partial charge in [-0.1, -0.05) is 48.0 Å². The molecule has 0 fully saturated rings. The molecular weight excluding hydrogens is 351 g/mol. The van der Waals surface area contributed by atoms with Crippen LogP contribution in [0.5, 0.6) is 0 Å². The van der Waals surface area contributed by atoms with E-state index in [4.69, 9.17) is 13.5 Å². The summed E-state index contributed by atoms with van der Waals surface area (Å²) in [4.78, 5) is 4.38. The Morgan fingerprint density at radius 1 is 1.04 bits per heavy atom. The summed E-state index contributed by atoms with van der Waals surface area (Å²) in [6.07, 6.45) is 0. The molecule has 26 heavy (non-hydrogen) atoms. The Labute approximate surface area is 152 Å². The number of aromatic nitrogens is 1. The van der Waals surface area contributed by atoms with Gasteiger partial charge in [-0.25, -0.2) is 0 Å². The number of oxazole rings is 1. The van der Waals surface area contributed by atoms with E-state index in [1.165, 1.54) is 19.8 Å². The largest absolute Gasteiger partial charge is 0.420 e. The number of nitrogens with one attached hydrogen (secondary N) is 1. The fraction of sp³-hybridized carbons (Fsp3) is 0.211. The fourth-order valence-corrected chi connectivity index (χ4v) is 3.53. The molecule has 0 unspecified atom stereocenters. The number of nitrogens with zero attached hydrogens (tertiary/aromatic N) is 1. The maximum absolute atomic E-state index is 12.9. The van der Waals surface area contributed by atoms with Crippen LogP contribution in [0.25, 0.3) is 11.5 Å². The van der Waals surface area contributed by atoms with Crippen LogP contribution in [0.15, 0.2) is 59.0 Å². The number of benzene rings is 2. The first-order valence-electron chi connectivity index (χ1n) is 8.13. The highest BCUT2D eigenvalue weighted by atomic mass is 31.2. The topological polar surface area (TPSA) is 73.6 Å². The first kappa shape index (κ1) is 18.4. The zero-order valence-corrected chi connectivity index (χ0v) is 15.8. The summed E-state index contributed by atoms with van der Waals surface area (Å²) in [5.74, 6) is 0.623. The van der Waals surface area contributed by atoms with Crippen molar-refractivity contribution in [2.24, 2.45) is 0 Å². The van der Waals surface area contributed by atoms with E-state index < -0.39 is 7.60 Å². The lowest BCUT2D eigenvalue weighted by Gasteiger charge is -2.12. The van der Waals surface area contributed by atoms with E-state index in [9.17, 15) is 4.57 Å². The van der Waals surface area contributed by atoms with E-state index in [1.54, 1.807) is 0 Å². The van der Waals surface area contributed by atoms with Crippen molar-refractivity contribution in [2.75, 3.05) is 19.5 Å². The lowest BCUT2D eigenvalue weighted by molar-refractivity contribution is 0.286. The van der Waals surface area contributed by atoms with Gasteiger partial charge in [-0.15, -0.1) is 0 Å². The second-order valence-electron chi connectivity index (χ2n) is 5.74. The highest BCUT2D eigenvalue weighted by Crippen LogP contribution is 2.47. The summed E-state index contributed by atoms with van der Waals surface area (Å²) in [5, 5.41) is 3.15. The van der Waals surface area contributed by atoms with E-state index in [1.807, 2.05) is 61.5 Å². The Bertz CT molecular complexity index is 899. The van der Waals surface area contributed by atoms with Crippen molar-refractivity contribution in [3.8, 4) is 11.5 Å². The van der Waals surface area contributed by atoms with Gasteiger partial charge in [0, 0.05) is 26.3 Å². The van der Waals surface area contributed by atoms with Crippen LogP contribution in [-0.4, -0.2) is 19.2 Å². The zero-order chi connectivity index (χ0) is 18.6. The van der Waals surface area contributed by atoms with Gasteiger partial charge < -0.3 is 18.8 Å². The molecule has 0 aliphatic heterocycles. The molecule has 0 spiro atoms.